The Morgan fingerprint density at radius 1 is 1.29 bits per heavy atom. The van der Waals surface area contributed by atoms with Crippen LogP contribution in [0.25, 0.3) is 0 Å². The number of benzene rings is 1. The predicted molar refractivity (Wildman–Crippen MR) is 82.5 cm³/mol. The van der Waals surface area contributed by atoms with Gasteiger partial charge in [-0.3, -0.25) is 9.59 Å². The lowest BCUT2D eigenvalue weighted by Crippen LogP contribution is -2.31. The molecule has 0 bridgehead atoms. The number of anilines is 2. The van der Waals surface area contributed by atoms with E-state index in [1.165, 1.54) is 6.92 Å². The van der Waals surface area contributed by atoms with Crippen LogP contribution in [0.2, 0.25) is 0 Å². The Morgan fingerprint density at radius 3 is 2.71 bits per heavy atom. The Hall–Kier alpha value is -2.04. The van der Waals surface area contributed by atoms with Crippen molar-refractivity contribution >= 4 is 23.3 Å². The molecule has 2 rings (SSSR count). The second kappa shape index (κ2) is 6.61. The maximum absolute atomic E-state index is 11.1. The Bertz CT molecular complexity index is 542. The van der Waals surface area contributed by atoms with Crippen molar-refractivity contribution in [2.45, 2.75) is 45.6 Å². The van der Waals surface area contributed by atoms with Crippen LogP contribution < -0.4 is 10.6 Å². The van der Waals surface area contributed by atoms with Gasteiger partial charge < -0.3 is 15.7 Å². The second-order valence-electron chi connectivity index (χ2n) is 5.75. The van der Waals surface area contributed by atoms with Crippen molar-refractivity contribution in [3.63, 3.8) is 0 Å². The molecule has 2 unspecified atom stereocenters. The number of carbonyl (C=O) groups excluding carboxylic acids is 1. The summed E-state index contributed by atoms with van der Waals surface area (Å²) in [6, 6.07) is 5.89. The monoisotopic (exact) mass is 290 g/mol. The quantitative estimate of drug-likeness (QED) is 0.796. The summed E-state index contributed by atoms with van der Waals surface area (Å²) >= 11 is 0. The minimum atomic E-state index is -0.704. The lowest BCUT2D eigenvalue weighted by Gasteiger charge is -2.29. The molecule has 1 aliphatic carbocycles. The van der Waals surface area contributed by atoms with Gasteiger partial charge in [-0.25, -0.2) is 0 Å². The molecule has 1 saturated carbocycles. The van der Waals surface area contributed by atoms with E-state index in [9.17, 15) is 9.59 Å². The average Bonchev–Trinajstić information content (AvgIpc) is 2.42. The van der Waals surface area contributed by atoms with Crippen molar-refractivity contribution in [1.82, 2.24) is 0 Å². The topological polar surface area (TPSA) is 78.4 Å². The van der Waals surface area contributed by atoms with Crippen LogP contribution in [0.15, 0.2) is 18.2 Å². The molecule has 0 aromatic heterocycles. The molecule has 5 heteroatoms. The molecule has 1 aromatic rings. The first-order chi connectivity index (χ1) is 9.95. The fraction of sp³-hybridized carbons (Fsp3) is 0.500. The maximum atomic E-state index is 11.1. The first-order valence-corrected chi connectivity index (χ1v) is 7.33. The molecule has 1 aliphatic rings. The van der Waals surface area contributed by atoms with Gasteiger partial charge in [0.15, 0.2) is 0 Å². The Balaban J connectivity index is 2.07. The van der Waals surface area contributed by atoms with E-state index < -0.39 is 5.97 Å². The molecule has 5 nitrogen and oxygen atoms in total. The highest BCUT2D eigenvalue weighted by Gasteiger charge is 2.27. The zero-order valence-electron chi connectivity index (χ0n) is 12.5. The number of hydrogen-bond acceptors (Lipinski definition) is 3. The van der Waals surface area contributed by atoms with Gasteiger partial charge in [0.25, 0.3) is 0 Å². The van der Waals surface area contributed by atoms with Crippen LogP contribution >= 0.6 is 0 Å². The van der Waals surface area contributed by atoms with Crippen LogP contribution in [0.4, 0.5) is 11.4 Å². The number of hydrogen-bond donors (Lipinski definition) is 3. The minimum absolute atomic E-state index is 0.103. The molecule has 21 heavy (non-hydrogen) atoms. The van der Waals surface area contributed by atoms with Gasteiger partial charge >= 0.3 is 5.97 Å². The minimum Gasteiger partial charge on any atom is -0.481 e. The van der Waals surface area contributed by atoms with Gasteiger partial charge in [0, 0.05) is 24.3 Å². The summed E-state index contributed by atoms with van der Waals surface area (Å²) in [6.45, 7) is 3.48. The number of aliphatic carboxylic acids is 1. The number of amides is 1. The molecule has 0 spiro atoms. The molecule has 114 valence electrons. The molecule has 3 N–H and O–H groups in total. The van der Waals surface area contributed by atoms with Crippen molar-refractivity contribution in [1.29, 1.82) is 0 Å². The highest BCUT2D eigenvalue weighted by atomic mass is 16.4. The summed E-state index contributed by atoms with van der Waals surface area (Å²) in [5, 5.41) is 15.3. The fourth-order valence-corrected chi connectivity index (χ4v) is 2.82. The first-order valence-electron chi connectivity index (χ1n) is 7.33. The van der Waals surface area contributed by atoms with E-state index in [-0.39, 0.29) is 17.9 Å². The van der Waals surface area contributed by atoms with Gasteiger partial charge in [0.2, 0.25) is 5.91 Å². The van der Waals surface area contributed by atoms with Crippen molar-refractivity contribution in [3.8, 4) is 0 Å². The van der Waals surface area contributed by atoms with E-state index in [0.29, 0.717) is 6.42 Å². The summed E-state index contributed by atoms with van der Waals surface area (Å²) in [5.74, 6) is -1.06. The molecule has 0 heterocycles. The van der Waals surface area contributed by atoms with Gasteiger partial charge in [-0.1, -0.05) is 12.5 Å². The second-order valence-corrected chi connectivity index (χ2v) is 5.75. The molecule has 0 saturated heterocycles. The van der Waals surface area contributed by atoms with Crippen molar-refractivity contribution in [2.24, 2.45) is 5.92 Å². The highest BCUT2D eigenvalue weighted by molar-refractivity contribution is 5.89. The number of carboxylic acid groups (broad SMARTS) is 1. The van der Waals surface area contributed by atoms with Gasteiger partial charge in [0.05, 0.1) is 5.92 Å². The Morgan fingerprint density at radius 2 is 2.05 bits per heavy atom. The molecule has 0 aliphatic heterocycles. The van der Waals surface area contributed by atoms with Gasteiger partial charge in [-0.2, -0.15) is 0 Å². The number of carboxylic acids is 1. The molecular weight excluding hydrogens is 268 g/mol. The van der Waals surface area contributed by atoms with Crippen LogP contribution in [0.1, 0.15) is 38.2 Å². The van der Waals surface area contributed by atoms with Gasteiger partial charge in [0.1, 0.15) is 0 Å². The summed E-state index contributed by atoms with van der Waals surface area (Å²) in [5.41, 5.74) is 2.79. The molecule has 0 radical (unpaired) electrons. The van der Waals surface area contributed by atoms with E-state index in [2.05, 4.69) is 10.6 Å². The zero-order chi connectivity index (χ0) is 15.4. The standard InChI is InChI=1S/C16H22N2O3/c1-10-6-7-14(17-11(2)19)9-15(10)18-13-5-3-4-12(8-13)16(20)21/h6-7,9,12-13,18H,3-5,8H2,1-2H3,(H,17,19)(H,20,21). The van der Waals surface area contributed by atoms with Crippen LogP contribution in [0.3, 0.4) is 0 Å². The summed E-state index contributed by atoms with van der Waals surface area (Å²) in [6.07, 6.45) is 3.32. The van der Waals surface area contributed by atoms with Crippen LogP contribution in [-0.2, 0) is 9.59 Å². The van der Waals surface area contributed by atoms with E-state index in [0.717, 1.165) is 36.2 Å². The van der Waals surface area contributed by atoms with E-state index in [4.69, 9.17) is 5.11 Å². The molecule has 1 aromatic carbocycles. The third-order valence-electron chi connectivity index (χ3n) is 3.94. The molecule has 2 atom stereocenters. The number of nitrogens with one attached hydrogen (secondary N) is 2. The van der Waals surface area contributed by atoms with Crippen LogP contribution in [0, 0.1) is 12.8 Å². The molecule has 1 fully saturated rings. The largest absolute Gasteiger partial charge is 0.481 e. The molecular formula is C16H22N2O3. The molecule has 1 amide bonds. The first kappa shape index (κ1) is 15.4. The van der Waals surface area contributed by atoms with E-state index in [1.54, 1.807) is 0 Å². The lowest BCUT2D eigenvalue weighted by molar-refractivity contribution is -0.142. The van der Waals surface area contributed by atoms with Crippen molar-refractivity contribution < 1.29 is 14.7 Å². The fourth-order valence-electron chi connectivity index (χ4n) is 2.82. The van der Waals surface area contributed by atoms with Crippen LogP contribution in [-0.4, -0.2) is 23.0 Å². The van der Waals surface area contributed by atoms with E-state index >= 15 is 0 Å². The average molecular weight is 290 g/mol. The van der Waals surface area contributed by atoms with E-state index in [1.807, 2.05) is 25.1 Å². The summed E-state index contributed by atoms with van der Waals surface area (Å²) in [4.78, 5) is 22.2. The summed E-state index contributed by atoms with van der Waals surface area (Å²) < 4.78 is 0. The van der Waals surface area contributed by atoms with Crippen LogP contribution in [0.5, 0.6) is 0 Å². The Kier molecular flexibility index (Phi) is 4.83. The number of carbonyl (C=O) groups is 2. The highest BCUT2D eigenvalue weighted by Crippen LogP contribution is 2.29. The third-order valence-corrected chi connectivity index (χ3v) is 3.94. The predicted octanol–water partition coefficient (Wildman–Crippen LogP) is 3.01. The Labute approximate surface area is 124 Å². The number of rotatable bonds is 4. The maximum Gasteiger partial charge on any atom is 0.306 e. The van der Waals surface area contributed by atoms with Crippen molar-refractivity contribution in [2.75, 3.05) is 10.6 Å². The summed E-state index contributed by atoms with van der Waals surface area (Å²) in [7, 11) is 0. The normalized spacial score (nSPS) is 21.6. The van der Waals surface area contributed by atoms with Gasteiger partial charge in [-0.15, -0.1) is 0 Å². The van der Waals surface area contributed by atoms with Gasteiger partial charge in [-0.05, 0) is 43.9 Å². The SMILES string of the molecule is CC(=O)Nc1ccc(C)c(NC2CCCC(C(=O)O)C2)c1. The third kappa shape index (κ3) is 4.21. The smallest absolute Gasteiger partial charge is 0.306 e. The number of aryl methyl sites for hydroxylation is 1. The van der Waals surface area contributed by atoms with Crippen molar-refractivity contribution in [3.05, 3.63) is 23.8 Å². The zero-order valence-corrected chi connectivity index (χ0v) is 12.5. The lowest BCUT2D eigenvalue weighted by atomic mass is 9.85.